The maximum absolute atomic E-state index is 12.7. The maximum atomic E-state index is 12.7. The van der Waals surface area contributed by atoms with Crippen molar-refractivity contribution in [2.24, 2.45) is 5.92 Å². The maximum Gasteiger partial charge on any atom is 0.243 e. The molecule has 1 aromatic carbocycles. The lowest BCUT2D eigenvalue weighted by Gasteiger charge is -2.35. The Hall–Kier alpha value is -1.11. The van der Waals surface area contributed by atoms with E-state index in [1.807, 2.05) is 58.9 Å². The first-order chi connectivity index (χ1) is 10.0. The van der Waals surface area contributed by atoms with Crippen molar-refractivity contribution in [2.75, 3.05) is 4.90 Å². The van der Waals surface area contributed by atoms with Crippen LogP contribution >= 0.6 is 22.6 Å². The molecule has 4 nitrogen and oxygen atoms in total. The monoisotopic (exact) mass is 416 g/mol. The Morgan fingerprint density at radius 3 is 2.14 bits per heavy atom. The Morgan fingerprint density at radius 1 is 1.18 bits per heavy atom. The number of benzene rings is 1. The van der Waals surface area contributed by atoms with E-state index in [1.165, 1.54) is 6.92 Å². The Kier molecular flexibility index (Phi) is 6.40. The highest BCUT2D eigenvalue weighted by Crippen LogP contribution is 2.27. The number of anilines is 1. The van der Waals surface area contributed by atoms with Gasteiger partial charge < -0.3 is 5.32 Å². The van der Waals surface area contributed by atoms with Crippen LogP contribution in [-0.2, 0) is 9.59 Å². The number of nitrogens with one attached hydrogen (secondary N) is 1. The summed E-state index contributed by atoms with van der Waals surface area (Å²) in [6, 6.07) is 7.08. The van der Waals surface area contributed by atoms with E-state index in [4.69, 9.17) is 0 Å². The van der Waals surface area contributed by atoms with Gasteiger partial charge >= 0.3 is 0 Å². The summed E-state index contributed by atoms with van der Waals surface area (Å²) < 4.78 is 0.949. The quantitative estimate of drug-likeness (QED) is 0.763. The summed E-state index contributed by atoms with van der Waals surface area (Å²) in [5.41, 5.74) is 0.439. The van der Waals surface area contributed by atoms with E-state index < -0.39 is 6.04 Å². The zero-order valence-corrected chi connectivity index (χ0v) is 16.3. The van der Waals surface area contributed by atoms with Crippen LogP contribution in [-0.4, -0.2) is 23.4 Å². The van der Waals surface area contributed by atoms with E-state index in [0.717, 1.165) is 9.26 Å². The Morgan fingerprint density at radius 2 is 1.73 bits per heavy atom. The molecule has 5 heteroatoms. The van der Waals surface area contributed by atoms with Crippen LogP contribution in [0.1, 0.15) is 41.5 Å². The predicted octanol–water partition coefficient (Wildman–Crippen LogP) is 3.58. The molecule has 0 radical (unpaired) electrons. The average Bonchev–Trinajstić information content (AvgIpc) is 2.33. The van der Waals surface area contributed by atoms with E-state index in [9.17, 15) is 9.59 Å². The fourth-order valence-corrected chi connectivity index (χ4v) is 2.97. The summed E-state index contributed by atoms with van der Waals surface area (Å²) in [7, 11) is 0. The molecule has 1 aromatic rings. The second-order valence-corrected chi connectivity index (χ2v) is 7.93. The molecule has 2 amide bonds. The number of rotatable bonds is 4. The van der Waals surface area contributed by atoms with Gasteiger partial charge in [-0.2, -0.15) is 0 Å². The first-order valence-corrected chi connectivity index (χ1v) is 8.49. The second kappa shape index (κ2) is 7.44. The summed E-state index contributed by atoms with van der Waals surface area (Å²) in [6.45, 7) is 11.2. The van der Waals surface area contributed by atoms with Crippen molar-refractivity contribution >= 4 is 40.1 Å². The van der Waals surface area contributed by atoms with Gasteiger partial charge in [0.15, 0.2) is 0 Å². The molecule has 22 heavy (non-hydrogen) atoms. The standard InChI is InChI=1S/C17H25IN2O2/c1-11(2)15(16(22)19-17(4,5)6)20(12(3)21)14-10-8-7-9-13(14)18/h7-11,15H,1-6H3,(H,19,22). The normalized spacial score (nSPS) is 12.9. The molecule has 0 fully saturated rings. The SMILES string of the molecule is CC(=O)N(c1ccccc1I)C(C(=O)NC(C)(C)C)C(C)C. The molecule has 0 aliphatic rings. The van der Waals surface area contributed by atoms with Crippen LogP contribution in [0.2, 0.25) is 0 Å². The zero-order valence-electron chi connectivity index (χ0n) is 14.1. The van der Waals surface area contributed by atoms with Gasteiger partial charge in [-0.15, -0.1) is 0 Å². The number of para-hydroxylation sites is 1. The Balaban J connectivity index is 3.28. The summed E-state index contributed by atoms with van der Waals surface area (Å²) in [5, 5.41) is 2.99. The van der Waals surface area contributed by atoms with Crippen LogP contribution in [0.4, 0.5) is 5.69 Å². The topological polar surface area (TPSA) is 49.4 Å². The van der Waals surface area contributed by atoms with Gasteiger partial charge in [-0.05, 0) is 61.4 Å². The summed E-state index contributed by atoms with van der Waals surface area (Å²) in [4.78, 5) is 26.6. The van der Waals surface area contributed by atoms with Crippen LogP contribution in [0.3, 0.4) is 0 Å². The zero-order chi connectivity index (χ0) is 17.1. The molecule has 0 aliphatic carbocycles. The molecular formula is C17H25IN2O2. The molecule has 1 atom stereocenters. The van der Waals surface area contributed by atoms with Crippen LogP contribution < -0.4 is 10.2 Å². The number of carbonyl (C=O) groups excluding carboxylic acids is 2. The Bertz CT molecular complexity index is 550. The minimum atomic E-state index is -0.535. The highest BCUT2D eigenvalue weighted by molar-refractivity contribution is 14.1. The van der Waals surface area contributed by atoms with E-state index in [2.05, 4.69) is 27.9 Å². The molecular weight excluding hydrogens is 391 g/mol. The van der Waals surface area contributed by atoms with E-state index in [0.29, 0.717) is 0 Å². The first-order valence-electron chi connectivity index (χ1n) is 7.41. The Labute approximate surface area is 146 Å². The molecule has 1 rings (SSSR count). The van der Waals surface area contributed by atoms with Gasteiger partial charge in [0.25, 0.3) is 0 Å². The number of amides is 2. The third-order valence-electron chi connectivity index (χ3n) is 3.13. The molecule has 0 spiro atoms. The smallest absolute Gasteiger partial charge is 0.243 e. The summed E-state index contributed by atoms with van der Waals surface area (Å²) in [6.07, 6.45) is 0. The molecule has 1 unspecified atom stereocenters. The summed E-state index contributed by atoms with van der Waals surface area (Å²) >= 11 is 2.19. The predicted molar refractivity (Wildman–Crippen MR) is 98.8 cm³/mol. The van der Waals surface area contributed by atoms with Crippen molar-refractivity contribution in [2.45, 2.75) is 53.1 Å². The highest BCUT2D eigenvalue weighted by atomic mass is 127. The minimum absolute atomic E-state index is 0.00209. The van der Waals surface area contributed by atoms with Crippen LogP contribution in [0.5, 0.6) is 0 Å². The largest absolute Gasteiger partial charge is 0.350 e. The molecule has 0 saturated carbocycles. The molecule has 0 bridgehead atoms. The van der Waals surface area contributed by atoms with Crippen molar-refractivity contribution < 1.29 is 9.59 Å². The van der Waals surface area contributed by atoms with Gasteiger partial charge in [-0.25, -0.2) is 0 Å². The fraction of sp³-hybridized carbons (Fsp3) is 0.529. The number of nitrogens with zero attached hydrogens (tertiary/aromatic N) is 1. The van der Waals surface area contributed by atoms with Gasteiger partial charge in [0.2, 0.25) is 11.8 Å². The number of hydrogen-bond donors (Lipinski definition) is 1. The minimum Gasteiger partial charge on any atom is -0.350 e. The van der Waals surface area contributed by atoms with Gasteiger partial charge in [0, 0.05) is 16.0 Å². The van der Waals surface area contributed by atoms with Gasteiger partial charge in [0.05, 0.1) is 5.69 Å². The van der Waals surface area contributed by atoms with Crippen LogP contribution in [0.25, 0.3) is 0 Å². The second-order valence-electron chi connectivity index (χ2n) is 6.77. The summed E-state index contributed by atoms with van der Waals surface area (Å²) in [5.74, 6) is -0.258. The van der Waals surface area contributed by atoms with Crippen molar-refractivity contribution in [3.8, 4) is 0 Å². The third kappa shape index (κ3) is 4.97. The van der Waals surface area contributed by atoms with Gasteiger partial charge in [0.1, 0.15) is 6.04 Å². The van der Waals surface area contributed by atoms with Crippen molar-refractivity contribution in [3.63, 3.8) is 0 Å². The van der Waals surface area contributed by atoms with Gasteiger partial charge in [-0.3, -0.25) is 14.5 Å². The van der Waals surface area contributed by atoms with Gasteiger partial charge in [-0.1, -0.05) is 26.0 Å². The van der Waals surface area contributed by atoms with E-state index in [-0.39, 0.29) is 23.3 Å². The number of hydrogen-bond acceptors (Lipinski definition) is 2. The first kappa shape index (κ1) is 18.9. The number of carbonyl (C=O) groups is 2. The molecule has 1 N–H and O–H groups in total. The molecule has 122 valence electrons. The third-order valence-corrected chi connectivity index (χ3v) is 4.04. The van der Waals surface area contributed by atoms with Crippen LogP contribution in [0, 0.1) is 9.49 Å². The van der Waals surface area contributed by atoms with E-state index >= 15 is 0 Å². The van der Waals surface area contributed by atoms with Crippen molar-refractivity contribution in [1.29, 1.82) is 0 Å². The lowest BCUT2D eigenvalue weighted by Crippen LogP contribution is -2.56. The molecule has 0 aromatic heterocycles. The fourth-order valence-electron chi connectivity index (χ4n) is 2.32. The molecule has 0 aliphatic heterocycles. The van der Waals surface area contributed by atoms with Crippen molar-refractivity contribution in [3.05, 3.63) is 27.8 Å². The van der Waals surface area contributed by atoms with E-state index in [1.54, 1.807) is 4.90 Å². The lowest BCUT2D eigenvalue weighted by atomic mass is 9.98. The molecule has 0 heterocycles. The van der Waals surface area contributed by atoms with Crippen molar-refractivity contribution in [1.82, 2.24) is 5.32 Å². The lowest BCUT2D eigenvalue weighted by molar-refractivity contribution is -0.127. The molecule has 0 saturated heterocycles. The number of halogens is 1. The van der Waals surface area contributed by atoms with Crippen LogP contribution in [0.15, 0.2) is 24.3 Å². The average molecular weight is 416 g/mol. The highest BCUT2D eigenvalue weighted by Gasteiger charge is 2.34.